The van der Waals surface area contributed by atoms with Gasteiger partial charge in [0.05, 0.1) is 23.6 Å². The Labute approximate surface area is 222 Å². The van der Waals surface area contributed by atoms with E-state index < -0.39 is 47.5 Å². The fourth-order valence-corrected chi connectivity index (χ4v) is 6.14. The van der Waals surface area contributed by atoms with Crippen LogP contribution in [0.25, 0.3) is 11.1 Å². The lowest BCUT2D eigenvalue weighted by Gasteiger charge is -2.34. The molecule has 1 aliphatic heterocycles. The summed E-state index contributed by atoms with van der Waals surface area (Å²) in [5.41, 5.74) is 0.117. The van der Waals surface area contributed by atoms with E-state index in [1.54, 1.807) is 23.1 Å². The minimum absolute atomic E-state index is 0.0375. The fraction of sp³-hybridized carbons (Fsp3) is 0.367. The molecule has 0 aromatic heterocycles. The third kappa shape index (κ3) is 5.16. The van der Waals surface area contributed by atoms with Crippen molar-refractivity contribution in [3.8, 4) is 11.1 Å². The van der Waals surface area contributed by atoms with Gasteiger partial charge in [0.2, 0.25) is 0 Å². The van der Waals surface area contributed by atoms with E-state index in [2.05, 4.69) is 0 Å². The van der Waals surface area contributed by atoms with Gasteiger partial charge < -0.3 is 5.11 Å². The number of carboxylic acids is 1. The highest BCUT2D eigenvalue weighted by Gasteiger charge is 2.47. The highest BCUT2D eigenvalue weighted by molar-refractivity contribution is 5.87. The molecule has 1 saturated heterocycles. The molecule has 1 heterocycles. The van der Waals surface area contributed by atoms with Gasteiger partial charge in [0.25, 0.3) is 5.92 Å². The van der Waals surface area contributed by atoms with E-state index in [1.807, 2.05) is 0 Å². The van der Waals surface area contributed by atoms with Crippen LogP contribution in [-0.4, -0.2) is 35.0 Å². The lowest BCUT2D eigenvalue weighted by Crippen LogP contribution is -2.35. The third-order valence-electron chi connectivity index (χ3n) is 8.02. The number of rotatable bonds is 6. The summed E-state index contributed by atoms with van der Waals surface area (Å²) < 4.78 is 82.8. The summed E-state index contributed by atoms with van der Waals surface area (Å²) in [5.74, 6) is -4.48. The van der Waals surface area contributed by atoms with Crippen LogP contribution in [-0.2, 0) is 16.4 Å². The number of nitrogens with zero attached hydrogens (tertiary/aromatic N) is 1. The molecular formula is C30H27F6NO2. The van der Waals surface area contributed by atoms with E-state index in [4.69, 9.17) is 0 Å². The van der Waals surface area contributed by atoms with Gasteiger partial charge in [-0.3, -0.25) is 9.69 Å². The normalized spacial score (nSPS) is 19.7. The molecule has 1 saturated carbocycles. The molecule has 1 unspecified atom stereocenters. The summed E-state index contributed by atoms with van der Waals surface area (Å²) in [5, 5.41) is 10.4. The lowest BCUT2D eigenvalue weighted by molar-refractivity contribution is -0.143. The molecule has 1 aliphatic carbocycles. The predicted molar refractivity (Wildman–Crippen MR) is 134 cm³/mol. The third-order valence-corrected chi connectivity index (χ3v) is 8.02. The van der Waals surface area contributed by atoms with Gasteiger partial charge in [-0.2, -0.15) is 13.2 Å². The molecule has 0 spiro atoms. The molecule has 1 atom stereocenters. The van der Waals surface area contributed by atoms with Crippen molar-refractivity contribution in [3.63, 3.8) is 0 Å². The summed E-state index contributed by atoms with van der Waals surface area (Å²) in [6, 6.07) is 14.2. The van der Waals surface area contributed by atoms with Crippen LogP contribution in [0.1, 0.15) is 60.4 Å². The van der Waals surface area contributed by atoms with Gasteiger partial charge in [0, 0.05) is 13.0 Å². The second-order valence-corrected chi connectivity index (χ2v) is 10.5. The van der Waals surface area contributed by atoms with Gasteiger partial charge in [-0.05, 0) is 64.9 Å². The van der Waals surface area contributed by atoms with Crippen molar-refractivity contribution in [2.24, 2.45) is 0 Å². The van der Waals surface area contributed by atoms with Crippen molar-refractivity contribution < 1.29 is 36.2 Å². The number of carbonyl (C=O) groups is 1. The number of benzene rings is 3. The Bertz CT molecular complexity index is 1350. The molecule has 0 amide bonds. The molecule has 2 aliphatic rings. The molecule has 5 rings (SSSR count). The van der Waals surface area contributed by atoms with Crippen LogP contribution < -0.4 is 0 Å². The SMILES string of the molecule is O=C(O)C1(c2cccc(C(c3ccc(F)cc3)N3CCC(F)(F)C3)c2-c2ccc(C(F)(F)F)cc2)CCCC1. The second kappa shape index (κ2) is 10.0. The smallest absolute Gasteiger partial charge is 0.416 e. The fourth-order valence-electron chi connectivity index (χ4n) is 6.14. The first kappa shape index (κ1) is 27.2. The monoisotopic (exact) mass is 547 g/mol. The van der Waals surface area contributed by atoms with Crippen molar-refractivity contribution >= 4 is 5.97 Å². The summed E-state index contributed by atoms with van der Waals surface area (Å²) in [6.45, 7) is -0.522. The largest absolute Gasteiger partial charge is 0.481 e. The zero-order chi connectivity index (χ0) is 28.0. The minimum atomic E-state index is -4.56. The Morgan fingerprint density at radius 2 is 1.54 bits per heavy atom. The zero-order valence-electron chi connectivity index (χ0n) is 20.9. The Morgan fingerprint density at radius 3 is 2.08 bits per heavy atom. The number of hydrogen-bond acceptors (Lipinski definition) is 2. The van der Waals surface area contributed by atoms with E-state index in [0.29, 0.717) is 53.5 Å². The zero-order valence-corrected chi connectivity index (χ0v) is 20.9. The average molecular weight is 548 g/mol. The van der Waals surface area contributed by atoms with Crippen molar-refractivity contribution in [2.75, 3.05) is 13.1 Å². The maximum absolute atomic E-state index is 14.4. The molecule has 39 heavy (non-hydrogen) atoms. The first-order valence-electron chi connectivity index (χ1n) is 12.8. The van der Waals surface area contributed by atoms with E-state index in [-0.39, 0.29) is 13.0 Å². The first-order chi connectivity index (χ1) is 18.4. The van der Waals surface area contributed by atoms with Gasteiger partial charge in [-0.15, -0.1) is 0 Å². The van der Waals surface area contributed by atoms with Gasteiger partial charge in [0.1, 0.15) is 5.82 Å². The lowest BCUT2D eigenvalue weighted by atomic mass is 9.73. The Hall–Kier alpha value is -3.33. The van der Waals surface area contributed by atoms with Crippen LogP contribution in [0.4, 0.5) is 26.3 Å². The molecule has 0 radical (unpaired) electrons. The predicted octanol–water partition coefficient (Wildman–Crippen LogP) is 7.84. The van der Waals surface area contributed by atoms with E-state index in [9.17, 15) is 36.2 Å². The number of hydrogen-bond donors (Lipinski definition) is 1. The number of carboxylic acid groups (broad SMARTS) is 1. The van der Waals surface area contributed by atoms with Gasteiger partial charge in [-0.25, -0.2) is 13.2 Å². The molecule has 3 aromatic carbocycles. The molecule has 206 valence electrons. The van der Waals surface area contributed by atoms with Crippen molar-refractivity contribution in [2.45, 2.75) is 55.7 Å². The van der Waals surface area contributed by atoms with Crippen molar-refractivity contribution in [1.82, 2.24) is 4.90 Å². The topological polar surface area (TPSA) is 40.5 Å². The highest BCUT2D eigenvalue weighted by atomic mass is 19.4. The van der Waals surface area contributed by atoms with Crippen LogP contribution in [0.15, 0.2) is 66.7 Å². The Kier molecular flexibility index (Phi) is 6.99. The van der Waals surface area contributed by atoms with Crippen LogP contribution in [0, 0.1) is 5.82 Å². The van der Waals surface area contributed by atoms with Crippen LogP contribution >= 0.6 is 0 Å². The Morgan fingerprint density at radius 1 is 0.897 bits per heavy atom. The van der Waals surface area contributed by atoms with E-state index in [0.717, 1.165) is 12.1 Å². The molecule has 9 heteroatoms. The molecule has 3 aromatic rings. The van der Waals surface area contributed by atoms with Crippen LogP contribution in [0.3, 0.4) is 0 Å². The molecule has 1 N–H and O–H groups in total. The average Bonchev–Trinajstić information content (AvgIpc) is 3.52. The summed E-state index contributed by atoms with van der Waals surface area (Å²) in [6.07, 6.45) is -2.90. The van der Waals surface area contributed by atoms with Crippen LogP contribution in [0.2, 0.25) is 0 Å². The van der Waals surface area contributed by atoms with Gasteiger partial charge >= 0.3 is 12.1 Å². The summed E-state index contributed by atoms with van der Waals surface area (Å²) in [7, 11) is 0. The highest BCUT2D eigenvalue weighted by Crippen LogP contribution is 2.49. The van der Waals surface area contributed by atoms with Crippen molar-refractivity contribution in [3.05, 3.63) is 94.8 Å². The number of aliphatic carboxylic acids is 1. The molecular weight excluding hydrogens is 520 g/mol. The number of halogens is 6. The number of likely N-dealkylation sites (tertiary alicyclic amines) is 1. The Balaban J connectivity index is 1.77. The minimum Gasteiger partial charge on any atom is -0.481 e. The summed E-state index contributed by atoms with van der Waals surface area (Å²) >= 11 is 0. The molecule has 3 nitrogen and oxygen atoms in total. The molecule has 2 fully saturated rings. The second-order valence-electron chi connectivity index (χ2n) is 10.5. The maximum atomic E-state index is 14.4. The van der Waals surface area contributed by atoms with Crippen molar-refractivity contribution in [1.29, 1.82) is 0 Å². The van der Waals surface area contributed by atoms with Gasteiger partial charge in [-0.1, -0.05) is 55.3 Å². The molecule has 0 bridgehead atoms. The quantitative estimate of drug-likeness (QED) is 0.320. The first-order valence-corrected chi connectivity index (χ1v) is 12.8. The summed E-state index contributed by atoms with van der Waals surface area (Å²) in [4.78, 5) is 14.3. The van der Waals surface area contributed by atoms with Gasteiger partial charge in [0.15, 0.2) is 0 Å². The standard InChI is InChI=1S/C30H27F6NO2/c31-22-12-8-20(9-13-22)26(37-17-16-29(32,33)18-37)23-4-3-5-24(28(27(38)39)14-1-2-15-28)25(23)19-6-10-21(11-7-19)30(34,35)36/h3-13,26H,1-2,14-18H2,(H,38,39). The van der Waals surface area contributed by atoms with Crippen LogP contribution in [0.5, 0.6) is 0 Å². The van der Waals surface area contributed by atoms with E-state index >= 15 is 0 Å². The maximum Gasteiger partial charge on any atom is 0.416 e. The number of alkyl halides is 5. The van der Waals surface area contributed by atoms with E-state index in [1.165, 1.54) is 36.4 Å².